The smallest absolute Gasteiger partial charge is 0.222 e. The molecule has 0 amide bonds. The zero-order valence-corrected chi connectivity index (χ0v) is 15.8. The topological polar surface area (TPSA) is 121 Å². The van der Waals surface area contributed by atoms with E-state index in [0.29, 0.717) is 38.9 Å². The number of anilines is 2. The van der Waals surface area contributed by atoms with E-state index in [1.165, 1.54) is 6.26 Å². The Morgan fingerprint density at radius 2 is 1.96 bits per heavy atom. The first-order valence-electron chi connectivity index (χ1n) is 8.66. The molecule has 0 aromatic carbocycles. The molecule has 0 saturated carbocycles. The second kappa shape index (κ2) is 5.92. The SMILES string of the molecule is Cc1cc(N2CCC3(CC2)c2nc[nH]c2CCN3S(C)(=O)=O)nc(N)n1. The molecule has 2 aliphatic rings. The van der Waals surface area contributed by atoms with E-state index < -0.39 is 15.6 Å². The van der Waals surface area contributed by atoms with Gasteiger partial charge in [0.1, 0.15) is 5.82 Å². The lowest BCUT2D eigenvalue weighted by atomic mass is 9.80. The number of piperidine rings is 1. The van der Waals surface area contributed by atoms with Crippen LogP contribution in [0.1, 0.15) is 29.9 Å². The standard InChI is InChI=1S/C16H23N7O2S/c1-11-9-13(21-15(17)20-11)22-7-4-16(5-8-22)14-12(18-10-19-14)3-6-23(16)26(2,24)25/h9-10H,3-8H2,1-2H3,(H,18,19)(H2,17,20,21). The Labute approximate surface area is 152 Å². The summed E-state index contributed by atoms with van der Waals surface area (Å²) in [5.74, 6) is 1.04. The molecule has 2 aromatic heterocycles. The number of H-pyrrole nitrogens is 1. The molecular formula is C16H23N7O2S. The second-order valence-electron chi connectivity index (χ2n) is 7.06. The Morgan fingerprint density at radius 3 is 2.62 bits per heavy atom. The van der Waals surface area contributed by atoms with Crippen LogP contribution < -0.4 is 10.6 Å². The number of fused-ring (bicyclic) bond motifs is 2. The lowest BCUT2D eigenvalue weighted by Gasteiger charge is -2.49. The van der Waals surface area contributed by atoms with E-state index in [9.17, 15) is 8.42 Å². The van der Waals surface area contributed by atoms with Crippen LogP contribution in [0.3, 0.4) is 0 Å². The van der Waals surface area contributed by atoms with Gasteiger partial charge in [-0.25, -0.2) is 18.4 Å². The predicted molar refractivity (Wildman–Crippen MR) is 98.1 cm³/mol. The van der Waals surface area contributed by atoms with Gasteiger partial charge >= 0.3 is 0 Å². The predicted octanol–water partition coefficient (Wildman–Crippen LogP) is 0.404. The van der Waals surface area contributed by atoms with Crippen molar-refractivity contribution in [2.24, 2.45) is 0 Å². The molecule has 0 unspecified atom stereocenters. The summed E-state index contributed by atoms with van der Waals surface area (Å²) < 4.78 is 26.6. The zero-order valence-electron chi connectivity index (χ0n) is 14.9. The van der Waals surface area contributed by atoms with Crippen molar-refractivity contribution in [1.29, 1.82) is 0 Å². The minimum Gasteiger partial charge on any atom is -0.368 e. The molecule has 0 aliphatic carbocycles. The summed E-state index contributed by atoms with van der Waals surface area (Å²) >= 11 is 0. The molecule has 2 aliphatic heterocycles. The van der Waals surface area contributed by atoms with E-state index in [-0.39, 0.29) is 5.95 Å². The van der Waals surface area contributed by atoms with Crippen molar-refractivity contribution in [3.63, 3.8) is 0 Å². The largest absolute Gasteiger partial charge is 0.368 e. The number of sulfonamides is 1. The van der Waals surface area contributed by atoms with Gasteiger partial charge in [0.2, 0.25) is 16.0 Å². The number of hydrogen-bond donors (Lipinski definition) is 2. The molecule has 4 rings (SSSR count). The Kier molecular flexibility index (Phi) is 3.92. The summed E-state index contributed by atoms with van der Waals surface area (Å²) in [6.07, 6.45) is 4.92. The molecular weight excluding hydrogens is 354 g/mol. The molecule has 1 saturated heterocycles. The summed E-state index contributed by atoms with van der Waals surface area (Å²) in [7, 11) is -3.33. The van der Waals surface area contributed by atoms with Gasteiger partial charge in [-0.05, 0) is 19.8 Å². The van der Waals surface area contributed by atoms with Crippen molar-refractivity contribution < 1.29 is 8.42 Å². The van der Waals surface area contributed by atoms with Gasteiger partial charge in [-0.15, -0.1) is 0 Å². The van der Waals surface area contributed by atoms with Crippen LogP contribution in [0.4, 0.5) is 11.8 Å². The highest BCUT2D eigenvalue weighted by Crippen LogP contribution is 2.44. The number of rotatable bonds is 2. The average molecular weight is 377 g/mol. The summed E-state index contributed by atoms with van der Waals surface area (Å²) in [4.78, 5) is 18.3. The number of aryl methyl sites for hydroxylation is 1. The third-order valence-electron chi connectivity index (χ3n) is 5.37. The van der Waals surface area contributed by atoms with Crippen LogP contribution in [0, 0.1) is 6.92 Å². The monoisotopic (exact) mass is 377 g/mol. The molecule has 1 fully saturated rings. The van der Waals surface area contributed by atoms with Crippen molar-refractivity contribution in [2.45, 2.75) is 31.7 Å². The van der Waals surface area contributed by atoms with Gasteiger partial charge in [0.15, 0.2) is 0 Å². The van der Waals surface area contributed by atoms with Crippen LogP contribution in [0.25, 0.3) is 0 Å². The zero-order chi connectivity index (χ0) is 18.5. The third-order valence-corrected chi connectivity index (χ3v) is 6.71. The van der Waals surface area contributed by atoms with Gasteiger partial charge in [0, 0.05) is 43.5 Å². The van der Waals surface area contributed by atoms with Crippen LogP contribution in [0.2, 0.25) is 0 Å². The van der Waals surface area contributed by atoms with Gasteiger partial charge in [-0.3, -0.25) is 0 Å². The first kappa shape index (κ1) is 17.2. The number of nitrogen functional groups attached to an aromatic ring is 1. The lowest BCUT2D eigenvalue weighted by Crippen LogP contribution is -2.58. The molecule has 4 heterocycles. The van der Waals surface area contributed by atoms with E-state index in [0.717, 1.165) is 22.9 Å². The summed E-state index contributed by atoms with van der Waals surface area (Å²) in [6, 6.07) is 1.91. The maximum atomic E-state index is 12.5. The fraction of sp³-hybridized carbons (Fsp3) is 0.562. The van der Waals surface area contributed by atoms with Crippen molar-refractivity contribution in [2.75, 3.05) is 36.5 Å². The molecule has 0 radical (unpaired) electrons. The fourth-order valence-corrected chi connectivity index (χ4v) is 5.60. The number of hydrogen-bond acceptors (Lipinski definition) is 7. The number of aromatic nitrogens is 4. The summed E-state index contributed by atoms with van der Waals surface area (Å²) in [5, 5.41) is 0. The number of nitrogens with zero attached hydrogens (tertiary/aromatic N) is 5. The quantitative estimate of drug-likeness (QED) is 0.777. The van der Waals surface area contributed by atoms with Gasteiger partial charge < -0.3 is 15.6 Å². The van der Waals surface area contributed by atoms with E-state index in [2.05, 4.69) is 24.8 Å². The summed E-state index contributed by atoms with van der Waals surface area (Å²) in [6.45, 7) is 3.71. The average Bonchev–Trinajstić information content (AvgIpc) is 3.03. The van der Waals surface area contributed by atoms with Crippen molar-refractivity contribution in [3.8, 4) is 0 Å². The molecule has 2 aromatic rings. The normalized spacial score (nSPS) is 20.3. The number of nitrogens with one attached hydrogen (secondary N) is 1. The van der Waals surface area contributed by atoms with Crippen molar-refractivity contribution in [3.05, 3.63) is 29.5 Å². The van der Waals surface area contributed by atoms with Crippen molar-refractivity contribution in [1.82, 2.24) is 24.2 Å². The maximum Gasteiger partial charge on any atom is 0.222 e. The van der Waals surface area contributed by atoms with E-state index >= 15 is 0 Å². The van der Waals surface area contributed by atoms with Gasteiger partial charge in [0.25, 0.3) is 0 Å². The third kappa shape index (κ3) is 2.73. The highest BCUT2D eigenvalue weighted by molar-refractivity contribution is 7.88. The number of nitrogens with two attached hydrogens (primary N) is 1. The molecule has 26 heavy (non-hydrogen) atoms. The second-order valence-corrected chi connectivity index (χ2v) is 8.97. The lowest BCUT2D eigenvalue weighted by molar-refractivity contribution is 0.128. The fourth-order valence-electron chi connectivity index (χ4n) is 4.27. The summed E-state index contributed by atoms with van der Waals surface area (Å²) in [5.41, 5.74) is 7.92. The van der Waals surface area contributed by atoms with Crippen LogP contribution in [0.5, 0.6) is 0 Å². The van der Waals surface area contributed by atoms with E-state index in [1.54, 1.807) is 10.6 Å². The highest BCUT2D eigenvalue weighted by atomic mass is 32.2. The van der Waals surface area contributed by atoms with Crippen LogP contribution in [0.15, 0.2) is 12.4 Å². The van der Waals surface area contributed by atoms with Crippen LogP contribution >= 0.6 is 0 Å². The molecule has 3 N–H and O–H groups in total. The Hall–Kier alpha value is -2.20. The van der Waals surface area contributed by atoms with Gasteiger partial charge in [-0.2, -0.15) is 9.29 Å². The molecule has 9 nitrogen and oxygen atoms in total. The van der Waals surface area contributed by atoms with Crippen LogP contribution in [-0.2, 0) is 22.0 Å². The Bertz CT molecular complexity index is 912. The number of aromatic amines is 1. The minimum absolute atomic E-state index is 0.255. The first-order valence-corrected chi connectivity index (χ1v) is 10.5. The van der Waals surface area contributed by atoms with Gasteiger partial charge in [-0.1, -0.05) is 0 Å². The Morgan fingerprint density at radius 1 is 1.23 bits per heavy atom. The van der Waals surface area contributed by atoms with E-state index in [4.69, 9.17) is 5.73 Å². The van der Waals surface area contributed by atoms with Gasteiger partial charge in [0.05, 0.1) is 23.8 Å². The molecule has 1 spiro atoms. The molecule has 140 valence electrons. The molecule has 0 atom stereocenters. The Balaban J connectivity index is 1.67. The first-order chi connectivity index (χ1) is 12.3. The maximum absolute atomic E-state index is 12.5. The molecule has 0 bridgehead atoms. The number of imidazole rings is 1. The highest BCUT2D eigenvalue weighted by Gasteiger charge is 2.50. The van der Waals surface area contributed by atoms with E-state index in [1.807, 2.05) is 13.0 Å². The van der Waals surface area contributed by atoms with Crippen LogP contribution in [-0.4, -0.2) is 58.5 Å². The molecule has 10 heteroatoms. The van der Waals surface area contributed by atoms with Crippen molar-refractivity contribution >= 4 is 21.8 Å². The minimum atomic E-state index is -3.33.